The normalized spacial score (nSPS) is 15.1. The van der Waals surface area contributed by atoms with E-state index in [1.165, 1.54) is 5.69 Å². The van der Waals surface area contributed by atoms with E-state index in [4.69, 9.17) is 0 Å². The molecule has 0 radical (unpaired) electrons. The minimum atomic E-state index is 0. The van der Waals surface area contributed by atoms with Gasteiger partial charge in [-0.1, -0.05) is 0 Å². The number of hydrogen-bond donors (Lipinski definition) is 1. The second-order valence-corrected chi connectivity index (χ2v) is 3.23. The lowest BCUT2D eigenvalue weighted by Crippen LogP contribution is -2.43. The van der Waals surface area contributed by atoms with Crippen molar-refractivity contribution in [1.29, 1.82) is 0 Å². The molecular formula is C9H16Cl2N4. The number of nitrogens with one attached hydrogen (secondary N) is 1. The third kappa shape index (κ3) is 3.48. The van der Waals surface area contributed by atoms with E-state index in [2.05, 4.69) is 20.2 Å². The Balaban J connectivity index is 0.000000980. The minimum absolute atomic E-state index is 0. The predicted molar refractivity (Wildman–Crippen MR) is 66.3 cm³/mol. The molecule has 1 aromatic heterocycles. The van der Waals surface area contributed by atoms with Crippen LogP contribution in [-0.4, -0.2) is 36.1 Å². The first kappa shape index (κ1) is 14.4. The summed E-state index contributed by atoms with van der Waals surface area (Å²) in [5.41, 5.74) is 2.24. The predicted octanol–water partition coefficient (Wildman–Crippen LogP) is 1.04. The van der Waals surface area contributed by atoms with Gasteiger partial charge in [0.15, 0.2) is 0 Å². The third-order valence-electron chi connectivity index (χ3n) is 2.34. The van der Waals surface area contributed by atoms with E-state index < -0.39 is 0 Å². The molecule has 1 aliphatic rings. The van der Waals surface area contributed by atoms with Gasteiger partial charge in [0.2, 0.25) is 0 Å². The zero-order chi connectivity index (χ0) is 9.10. The number of halogens is 2. The summed E-state index contributed by atoms with van der Waals surface area (Å²) >= 11 is 0. The molecule has 1 aromatic rings. The Morgan fingerprint density at radius 3 is 2.53 bits per heavy atom. The van der Waals surface area contributed by atoms with E-state index in [0.717, 1.165) is 31.9 Å². The van der Waals surface area contributed by atoms with E-state index in [9.17, 15) is 0 Å². The molecule has 6 heteroatoms. The van der Waals surface area contributed by atoms with Crippen molar-refractivity contribution in [3.05, 3.63) is 18.2 Å². The first-order valence-corrected chi connectivity index (χ1v) is 4.60. The van der Waals surface area contributed by atoms with Crippen molar-refractivity contribution in [2.45, 2.75) is 6.92 Å². The summed E-state index contributed by atoms with van der Waals surface area (Å²) in [4.78, 5) is 10.6. The fraction of sp³-hybridized carbons (Fsp3) is 0.556. The van der Waals surface area contributed by atoms with Crippen LogP contribution >= 0.6 is 24.8 Å². The molecular weight excluding hydrogens is 235 g/mol. The van der Waals surface area contributed by atoms with Crippen molar-refractivity contribution in [1.82, 2.24) is 15.3 Å². The molecule has 0 unspecified atom stereocenters. The maximum atomic E-state index is 4.18. The first-order valence-electron chi connectivity index (χ1n) is 4.60. The van der Waals surface area contributed by atoms with Gasteiger partial charge in [0.1, 0.15) is 6.33 Å². The van der Waals surface area contributed by atoms with Crippen LogP contribution in [0.1, 0.15) is 5.69 Å². The molecule has 2 rings (SSSR count). The quantitative estimate of drug-likeness (QED) is 0.809. The van der Waals surface area contributed by atoms with Crippen LogP contribution in [0.3, 0.4) is 0 Å². The largest absolute Gasteiger partial charge is 0.366 e. The Labute approximate surface area is 102 Å². The average Bonchev–Trinajstić information content (AvgIpc) is 2.20. The lowest BCUT2D eigenvalue weighted by atomic mass is 10.3. The van der Waals surface area contributed by atoms with E-state index in [0.29, 0.717) is 0 Å². The average molecular weight is 251 g/mol. The highest BCUT2D eigenvalue weighted by Crippen LogP contribution is 2.15. The monoisotopic (exact) mass is 250 g/mol. The molecule has 2 heterocycles. The van der Waals surface area contributed by atoms with E-state index in [-0.39, 0.29) is 24.8 Å². The molecule has 1 aliphatic heterocycles. The van der Waals surface area contributed by atoms with Crippen LogP contribution in [-0.2, 0) is 0 Å². The highest BCUT2D eigenvalue weighted by molar-refractivity contribution is 5.85. The molecule has 15 heavy (non-hydrogen) atoms. The maximum Gasteiger partial charge on any atom is 0.115 e. The van der Waals surface area contributed by atoms with Crippen LogP contribution in [0.25, 0.3) is 0 Å². The lowest BCUT2D eigenvalue weighted by Gasteiger charge is -2.29. The van der Waals surface area contributed by atoms with Gasteiger partial charge in [-0.05, 0) is 6.92 Å². The van der Waals surface area contributed by atoms with Crippen LogP contribution in [0, 0.1) is 6.92 Å². The molecule has 1 fully saturated rings. The van der Waals surface area contributed by atoms with Crippen LogP contribution in [0.5, 0.6) is 0 Å². The van der Waals surface area contributed by atoms with Crippen molar-refractivity contribution in [3.63, 3.8) is 0 Å². The summed E-state index contributed by atoms with van der Waals surface area (Å²) in [6.45, 7) is 6.23. The topological polar surface area (TPSA) is 41.1 Å². The van der Waals surface area contributed by atoms with E-state index >= 15 is 0 Å². The van der Waals surface area contributed by atoms with E-state index in [1.807, 2.05) is 13.1 Å². The van der Waals surface area contributed by atoms with Gasteiger partial charge in [-0.15, -0.1) is 24.8 Å². The first-order chi connectivity index (χ1) is 6.38. The molecule has 0 saturated carbocycles. The van der Waals surface area contributed by atoms with E-state index in [1.54, 1.807) is 6.33 Å². The van der Waals surface area contributed by atoms with Gasteiger partial charge in [-0.3, -0.25) is 0 Å². The number of aromatic nitrogens is 2. The number of aryl methyl sites for hydroxylation is 1. The van der Waals surface area contributed by atoms with Crippen molar-refractivity contribution >= 4 is 30.5 Å². The summed E-state index contributed by atoms with van der Waals surface area (Å²) in [6.07, 6.45) is 3.49. The maximum absolute atomic E-state index is 4.18. The fourth-order valence-corrected chi connectivity index (χ4v) is 1.60. The molecule has 1 N–H and O–H groups in total. The molecule has 1 saturated heterocycles. The Kier molecular flexibility index (Phi) is 6.56. The standard InChI is InChI=1S/C9H14N4.2ClH/c1-8-9(6-11-7-12-8)13-4-2-10-3-5-13;;/h6-7,10H,2-5H2,1H3;2*1H. The van der Waals surface area contributed by atoms with Crippen LogP contribution < -0.4 is 10.2 Å². The van der Waals surface area contributed by atoms with Crippen molar-refractivity contribution < 1.29 is 0 Å². The number of anilines is 1. The van der Waals surface area contributed by atoms with Gasteiger partial charge in [0.05, 0.1) is 17.6 Å². The molecule has 0 bridgehead atoms. The number of hydrogen-bond acceptors (Lipinski definition) is 4. The second-order valence-electron chi connectivity index (χ2n) is 3.23. The zero-order valence-corrected chi connectivity index (χ0v) is 10.3. The minimum Gasteiger partial charge on any atom is -0.366 e. The van der Waals surface area contributed by atoms with Crippen molar-refractivity contribution in [3.8, 4) is 0 Å². The summed E-state index contributed by atoms with van der Waals surface area (Å²) in [5.74, 6) is 0. The summed E-state index contributed by atoms with van der Waals surface area (Å²) in [7, 11) is 0. The highest BCUT2D eigenvalue weighted by Gasteiger charge is 2.12. The van der Waals surface area contributed by atoms with Gasteiger partial charge in [0.25, 0.3) is 0 Å². The third-order valence-corrected chi connectivity index (χ3v) is 2.34. The van der Waals surface area contributed by atoms with Gasteiger partial charge < -0.3 is 10.2 Å². The number of piperazine rings is 1. The molecule has 86 valence electrons. The second kappa shape index (κ2) is 6.82. The van der Waals surface area contributed by atoms with Crippen LogP contribution in [0.2, 0.25) is 0 Å². The highest BCUT2D eigenvalue weighted by atomic mass is 35.5. The van der Waals surface area contributed by atoms with Gasteiger partial charge in [0, 0.05) is 26.2 Å². The zero-order valence-electron chi connectivity index (χ0n) is 8.64. The van der Waals surface area contributed by atoms with Gasteiger partial charge in [-0.25, -0.2) is 9.97 Å². The Morgan fingerprint density at radius 2 is 1.93 bits per heavy atom. The SMILES string of the molecule is Cc1ncncc1N1CCNCC1.Cl.Cl. The van der Waals surface area contributed by atoms with Crippen molar-refractivity contribution in [2.24, 2.45) is 0 Å². The molecule has 0 spiro atoms. The summed E-state index contributed by atoms with van der Waals surface area (Å²) in [6, 6.07) is 0. The molecule has 0 aliphatic carbocycles. The lowest BCUT2D eigenvalue weighted by molar-refractivity contribution is 0.587. The van der Waals surface area contributed by atoms with Gasteiger partial charge >= 0.3 is 0 Å². The smallest absolute Gasteiger partial charge is 0.115 e. The molecule has 4 nitrogen and oxygen atoms in total. The Hall–Kier alpha value is -0.580. The summed E-state index contributed by atoms with van der Waals surface area (Å²) < 4.78 is 0. The summed E-state index contributed by atoms with van der Waals surface area (Å²) in [5, 5.41) is 3.32. The van der Waals surface area contributed by atoms with Crippen molar-refractivity contribution in [2.75, 3.05) is 31.1 Å². The molecule has 0 atom stereocenters. The van der Waals surface area contributed by atoms with Crippen LogP contribution in [0.15, 0.2) is 12.5 Å². The number of nitrogens with zero attached hydrogens (tertiary/aromatic N) is 3. The fourth-order valence-electron chi connectivity index (χ4n) is 1.60. The number of rotatable bonds is 1. The van der Waals surface area contributed by atoms with Crippen LogP contribution in [0.4, 0.5) is 5.69 Å². The molecule has 0 aromatic carbocycles. The van der Waals surface area contributed by atoms with Gasteiger partial charge in [-0.2, -0.15) is 0 Å². The molecule has 0 amide bonds. The Morgan fingerprint density at radius 1 is 1.27 bits per heavy atom. The Bertz CT molecular complexity index is 289.